The van der Waals surface area contributed by atoms with Crippen molar-refractivity contribution >= 4 is 19.0 Å². The monoisotopic (exact) mass is 490 g/mol. The first kappa shape index (κ1) is 32.3. The van der Waals surface area contributed by atoms with Crippen molar-refractivity contribution in [1.82, 2.24) is 0 Å². The van der Waals surface area contributed by atoms with Crippen molar-refractivity contribution in [3.05, 3.63) is 0 Å². The summed E-state index contributed by atoms with van der Waals surface area (Å²) in [6.45, 7) is 25.3. The smallest absolute Gasteiger partial charge is 0.158 e. The highest BCUT2D eigenvalue weighted by Crippen LogP contribution is 2.22. The molecule has 0 saturated heterocycles. The molecule has 0 fully saturated rings. The highest BCUT2D eigenvalue weighted by molar-refractivity contribution is 6.36. The van der Waals surface area contributed by atoms with E-state index in [0.29, 0.717) is 0 Å². The predicted octanol–water partition coefficient (Wildman–Crippen LogP) is 6.47. The van der Waals surface area contributed by atoms with Crippen LogP contribution in [0.3, 0.4) is 0 Å². The molecular weight excluding hydrogens is 432 g/mol. The molecule has 0 N–H and O–H groups in total. The largest absolute Gasteiger partial charge is 0.347 e. The fourth-order valence-corrected chi connectivity index (χ4v) is 6.91. The molecule has 32 heavy (non-hydrogen) atoms. The van der Waals surface area contributed by atoms with Crippen molar-refractivity contribution < 1.29 is 18.9 Å². The van der Waals surface area contributed by atoms with Crippen LogP contribution in [0.2, 0.25) is 24.2 Å². The van der Waals surface area contributed by atoms with Gasteiger partial charge in [-0.2, -0.15) is 0 Å². The Bertz CT molecular complexity index is 394. The second-order valence-corrected chi connectivity index (χ2v) is 17.4. The molecular formula is C26H58O4Si2. The van der Waals surface area contributed by atoms with Crippen LogP contribution in [-0.4, -0.2) is 54.0 Å². The van der Waals surface area contributed by atoms with Crippen LogP contribution in [0.15, 0.2) is 0 Å². The van der Waals surface area contributed by atoms with E-state index in [1.165, 1.54) is 37.0 Å². The molecule has 0 aliphatic heterocycles. The fourth-order valence-electron chi connectivity index (χ4n) is 3.54. The van der Waals surface area contributed by atoms with Gasteiger partial charge in [0.15, 0.2) is 12.6 Å². The van der Waals surface area contributed by atoms with E-state index in [9.17, 15) is 0 Å². The molecule has 0 aliphatic carbocycles. The summed E-state index contributed by atoms with van der Waals surface area (Å²) in [4.78, 5) is 0. The number of hydrogen-bond donors (Lipinski definition) is 0. The summed E-state index contributed by atoms with van der Waals surface area (Å²) >= 11 is 0. The van der Waals surface area contributed by atoms with E-state index in [1.807, 2.05) is 0 Å². The number of unbranched alkanes of at least 4 members (excludes halogenated alkanes) is 1. The van der Waals surface area contributed by atoms with Gasteiger partial charge in [-0.15, -0.1) is 0 Å². The van der Waals surface area contributed by atoms with Gasteiger partial charge in [-0.3, -0.25) is 0 Å². The third-order valence-electron chi connectivity index (χ3n) is 4.57. The van der Waals surface area contributed by atoms with E-state index in [-0.39, 0.29) is 54.0 Å². The summed E-state index contributed by atoms with van der Waals surface area (Å²) in [5.41, 5.74) is -0.623. The molecule has 0 aliphatic rings. The van der Waals surface area contributed by atoms with Gasteiger partial charge in [-0.05, 0) is 95.9 Å². The minimum absolute atomic E-state index is 0.0137. The van der Waals surface area contributed by atoms with Gasteiger partial charge >= 0.3 is 0 Å². The van der Waals surface area contributed by atoms with Crippen molar-refractivity contribution in [2.75, 3.05) is 0 Å². The Balaban J connectivity index is 3.99. The summed E-state index contributed by atoms with van der Waals surface area (Å²) < 4.78 is 24.6. The van der Waals surface area contributed by atoms with Crippen LogP contribution in [0.1, 0.15) is 109 Å². The first-order valence-electron chi connectivity index (χ1n) is 13.1. The molecule has 6 heteroatoms. The SMILES string of the molecule is CC(C)(C)OC(CC[SiH2]CCCC[SiH2]CCC(OC(C)(C)C)OC(C)(C)C)OC(C)(C)C. The van der Waals surface area contributed by atoms with Gasteiger partial charge < -0.3 is 18.9 Å². The van der Waals surface area contributed by atoms with Gasteiger partial charge in [0.05, 0.1) is 22.4 Å². The average Bonchev–Trinajstić information content (AvgIpc) is 2.50. The van der Waals surface area contributed by atoms with Gasteiger partial charge in [-0.1, -0.05) is 37.0 Å². The van der Waals surface area contributed by atoms with Crippen LogP contribution in [0.4, 0.5) is 0 Å². The molecule has 0 aromatic heterocycles. The lowest BCUT2D eigenvalue weighted by molar-refractivity contribution is -0.234. The number of ether oxygens (including phenoxy) is 4. The van der Waals surface area contributed by atoms with E-state index in [0.717, 1.165) is 12.8 Å². The molecule has 0 rings (SSSR count). The quantitative estimate of drug-likeness (QED) is 0.150. The van der Waals surface area contributed by atoms with Crippen LogP contribution in [0, 0.1) is 0 Å². The van der Waals surface area contributed by atoms with Crippen LogP contribution in [0.5, 0.6) is 0 Å². The molecule has 194 valence electrons. The Morgan fingerprint density at radius 1 is 0.438 bits per heavy atom. The summed E-state index contributed by atoms with van der Waals surface area (Å²) in [7, 11) is -0.0273. The molecule has 0 spiro atoms. The predicted molar refractivity (Wildman–Crippen MR) is 146 cm³/mol. The van der Waals surface area contributed by atoms with Gasteiger partial charge in [0, 0.05) is 19.0 Å². The first-order valence-corrected chi connectivity index (χ1v) is 17.1. The second kappa shape index (κ2) is 14.6. The zero-order valence-electron chi connectivity index (χ0n) is 23.9. The zero-order valence-corrected chi connectivity index (χ0v) is 26.7. The first-order chi connectivity index (χ1) is 14.4. The number of rotatable bonds is 15. The highest BCUT2D eigenvalue weighted by Gasteiger charge is 2.25. The Hall–Kier alpha value is 0.274. The van der Waals surface area contributed by atoms with E-state index < -0.39 is 0 Å². The maximum absolute atomic E-state index is 6.15. The Labute approximate surface area is 205 Å². The van der Waals surface area contributed by atoms with Crippen molar-refractivity contribution in [3.63, 3.8) is 0 Å². The third kappa shape index (κ3) is 23.4. The van der Waals surface area contributed by atoms with E-state index >= 15 is 0 Å². The van der Waals surface area contributed by atoms with Gasteiger partial charge in [0.2, 0.25) is 0 Å². The summed E-state index contributed by atoms with van der Waals surface area (Å²) in [6, 6.07) is 5.53. The molecule has 0 atom stereocenters. The lowest BCUT2D eigenvalue weighted by Crippen LogP contribution is -2.35. The van der Waals surface area contributed by atoms with Crippen molar-refractivity contribution in [1.29, 1.82) is 0 Å². The Kier molecular flexibility index (Phi) is 14.7. The molecule has 0 radical (unpaired) electrons. The fraction of sp³-hybridized carbons (Fsp3) is 1.00. The second-order valence-electron chi connectivity index (χ2n) is 13.2. The normalized spacial score (nSPS) is 14.8. The molecule has 0 unspecified atom stereocenters. The minimum atomic E-state index is -0.156. The molecule has 4 nitrogen and oxygen atoms in total. The molecule has 0 aromatic carbocycles. The van der Waals surface area contributed by atoms with Crippen LogP contribution in [0.25, 0.3) is 0 Å². The average molecular weight is 491 g/mol. The van der Waals surface area contributed by atoms with E-state index in [4.69, 9.17) is 18.9 Å². The molecule has 0 heterocycles. The van der Waals surface area contributed by atoms with Gasteiger partial charge in [0.25, 0.3) is 0 Å². The number of hydrogen-bond acceptors (Lipinski definition) is 4. The Morgan fingerprint density at radius 2 is 0.688 bits per heavy atom. The van der Waals surface area contributed by atoms with Crippen LogP contribution < -0.4 is 0 Å². The van der Waals surface area contributed by atoms with Crippen molar-refractivity contribution in [2.45, 2.75) is 168 Å². The van der Waals surface area contributed by atoms with Crippen molar-refractivity contribution in [3.8, 4) is 0 Å². The molecule has 0 bridgehead atoms. The molecule has 0 amide bonds. The zero-order chi connectivity index (χ0) is 25.1. The lowest BCUT2D eigenvalue weighted by atomic mass is 10.2. The van der Waals surface area contributed by atoms with Crippen LogP contribution in [-0.2, 0) is 18.9 Å². The van der Waals surface area contributed by atoms with Gasteiger partial charge in [-0.25, -0.2) is 0 Å². The molecule has 0 saturated carbocycles. The highest BCUT2D eigenvalue weighted by atomic mass is 28.2. The molecule has 0 aromatic rings. The van der Waals surface area contributed by atoms with E-state index in [2.05, 4.69) is 83.1 Å². The lowest BCUT2D eigenvalue weighted by Gasteiger charge is -2.32. The standard InChI is InChI=1S/C26H58O4Si2/c1-23(2,3)27-21(28-24(4,5)6)15-19-31-17-13-14-18-32-20-16-22(29-25(7,8)9)30-26(10,11)12/h21-22H,13-20,31-32H2,1-12H3. The summed E-state index contributed by atoms with van der Waals surface area (Å²) in [5.74, 6) is 0. The maximum Gasteiger partial charge on any atom is 0.158 e. The Morgan fingerprint density at radius 3 is 0.906 bits per heavy atom. The minimum Gasteiger partial charge on any atom is -0.347 e. The van der Waals surface area contributed by atoms with E-state index in [1.54, 1.807) is 0 Å². The van der Waals surface area contributed by atoms with Crippen molar-refractivity contribution in [2.24, 2.45) is 0 Å². The topological polar surface area (TPSA) is 36.9 Å². The third-order valence-corrected chi connectivity index (χ3v) is 8.39. The summed E-state index contributed by atoms with van der Waals surface area (Å²) in [6.07, 6.45) is 4.74. The maximum atomic E-state index is 6.15. The van der Waals surface area contributed by atoms with Gasteiger partial charge in [0.1, 0.15) is 0 Å². The van der Waals surface area contributed by atoms with Crippen LogP contribution >= 0.6 is 0 Å². The summed E-state index contributed by atoms with van der Waals surface area (Å²) in [5, 5.41) is 0.